The minimum absolute atomic E-state index is 0.0304. The van der Waals surface area contributed by atoms with Crippen LogP contribution in [0, 0.1) is 10.1 Å². The molecular formula is C18H22N2O6. The number of hydrogen-bond acceptors (Lipinski definition) is 5. The molecule has 1 aromatic carbocycles. The highest BCUT2D eigenvalue weighted by molar-refractivity contribution is 5.98. The van der Waals surface area contributed by atoms with Gasteiger partial charge in [0.05, 0.1) is 16.6 Å². The molecule has 1 saturated carbocycles. The third-order valence-corrected chi connectivity index (χ3v) is 5.07. The Morgan fingerprint density at radius 2 is 1.85 bits per heavy atom. The number of non-ortho nitro benzene ring substituents is 1. The highest BCUT2D eigenvalue weighted by atomic mass is 16.6. The molecule has 1 heterocycles. The summed E-state index contributed by atoms with van der Waals surface area (Å²) in [5.41, 5.74) is -0.607. The minimum atomic E-state index is -1.30. The molecule has 1 aliphatic heterocycles. The first-order valence-electron chi connectivity index (χ1n) is 8.91. The third kappa shape index (κ3) is 4.01. The van der Waals surface area contributed by atoms with Gasteiger partial charge < -0.3 is 14.7 Å². The van der Waals surface area contributed by atoms with Gasteiger partial charge in [0, 0.05) is 36.9 Å². The monoisotopic (exact) mass is 362 g/mol. The van der Waals surface area contributed by atoms with Gasteiger partial charge in [-0.05, 0) is 31.7 Å². The molecule has 8 nitrogen and oxygen atoms in total. The van der Waals surface area contributed by atoms with Gasteiger partial charge in [-0.1, -0.05) is 12.8 Å². The Labute approximate surface area is 150 Å². The molecule has 26 heavy (non-hydrogen) atoms. The summed E-state index contributed by atoms with van der Waals surface area (Å²) in [5.74, 6) is -1.66. The van der Waals surface area contributed by atoms with Gasteiger partial charge in [-0.2, -0.15) is 0 Å². The fourth-order valence-electron chi connectivity index (χ4n) is 3.75. The Kier molecular flexibility index (Phi) is 5.51. The van der Waals surface area contributed by atoms with Crippen molar-refractivity contribution in [3.63, 3.8) is 0 Å². The van der Waals surface area contributed by atoms with Crippen LogP contribution < -0.4 is 0 Å². The second-order valence-corrected chi connectivity index (χ2v) is 6.86. The number of carboxylic acids is 1. The molecule has 1 aliphatic carbocycles. The molecule has 0 bridgehead atoms. The van der Waals surface area contributed by atoms with Crippen LogP contribution in [0.3, 0.4) is 0 Å². The van der Waals surface area contributed by atoms with Crippen molar-refractivity contribution in [3.05, 3.63) is 39.4 Å². The molecule has 2 aliphatic rings. The maximum Gasteiger partial charge on any atom is 0.335 e. The Morgan fingerprint density at radius 1 is 1.15 bits per heavy atom. The van der Waals surface area contributed by atoms with E-state index in [0.29, 0.717) is 13.2 Å². The number of carbonyl (C=O) groups is 2. The first-order valence-corrected chi connectivity index (χ1v) is 8.91. The summed E-state index contributed by atoms with van der Waals surface area (Å²) < 4.78 is 5.66. The summed E-state index contributed by atoms with van der Waals surface area (Å²) in [4.78, 5) is 36.6. The molecule has 1 amide bonds. The number of nitro benzene ring substituents is 1. The number of carbonyl (C=O) groups excluding carboxylic acids is 1. The van der Waals surface area contributed by atoms with Gasteiger partial charge in [-0.25, -0.2) is 4.79 Å². The zero-order valence-corrected chi connectivity index (χ0v) is 14.4. The average Bonchev–Trinajstić information content (AvgIpc) is 3.32. The lowest BCUT2D eigenvalue weighted by Gasteiger charge is -2.31. The standard InChI is InChI=1S/C18H22N2O6/c21-17(12-8-13(18(22)23)10-15(9-12)20(24)25)19(14-4-1-2-5-14)11-16-6-3-7-26-16/h8-10,14,16H,1-7,11H2,(H,22,23). The Bertz CT molecular complexity index is 675. The molecule has 0 radical (unpaired) electrons. The van der Waals surface area contributed by atoms with Crippen LogP contribution in [0.25, 0.3) is 0 Å². The Morgan fingerprint density at radius 3 is 2.42 bits per heavy atom. The lowest BCUT2D eigenvalue weighted by Crippen LogP contribution is -2.43. The van der Waals surface area contributed by atoms with Crippen LogP contribution in [0.2, 0.25) is 0 Å². The maximum absolute atomic E-state index is 13.1. The summed E-state index contributed by atoms with van der Waals surface area (Å²) in [7, 11) is 0. The lowest BCUT2D eigenvalue weighted by molar-refractivity contribution is -0.384. The lowest BCUT2D eigenvalue weighted by atomic mass is 10.1. The molecule has 0 spiro atoms. The van der Waals surface area contributed by atoms with Crippen LogP contribution >= 0.6 is 0 Å². The van der Waals surface area contributed by atoms with Crippen molar-refractivity contribution in [2.75, 3.05) is 13.2 Å². The summed E-state index contributed by atoms with van der Waals surface area (Å²) in [6.07, 6.45) is 5.66. The number of nitro groups is 1. The summed E-state index contributed by atoms with van der Waals surface area (Å²) in [6, 6.07) is 3.42. The highest BCUT2D eigenvalue weighted by Gasteiger charge is 2.32. The number of nitrogens with zero attached hydrogens (tertiary/aromatic N) is 2. The summed E-state index contributed by atoms with van der Waals surface area (Å²) in [6.45, 7) is 1.12. The van der Waals surface area contributed by atoms with Crippen molar-refractivity contribution >= 4 is 17.6 Å². The van der Waals surface area contributed by atoms with Crippen molar-refractivity contribution in [1.29, 1.82) is 0 Å². The van der Waals surface area contributed by atoms with Gasteiger partial charge in [0.1, 0.15) is 0 Å². The van der Waals surface area contributed by atoms with Crippen molar-refractivity contribution < 1.29 is 24.4 Å². The normalized spacial score (nSPS) is 20.2. The molecule has 0 aromatic heterocycles. The van der Waals surface area contributed by atoms with Crippen molar-refractivity contribution in [1.82, 2.24) is 4.90 Å². The first-order chi connectivity index (χ1) is 12.5. The molecule has 1 aromatic rings. The van der Waals surface area contributed by atoms with E-state index >= 15 is 0 Å². The molecule has 1 atom stereocenters. The van der Waals surface area contributed by atoms with E-state index in [0.717, 1.165) is 50.7 Å². The van der Waals surface area contributed by atoms with E-state index in [1.807, 2.05) is 0 Å². The third-order valence-electron chi connectivity index (χ3n) is 5.07. The zero-order valence-electron chi connectivity index (χ0n) is 14.4. The molecule has 1 saturated heterocycles. The second kappa shape index (κ2) is 7.82. The number of carboxylic acid groups (broad SMARTS) is 1. The molecule has 1 unspecified atom stereocenters. The van der Waals surface area contributed by atoms with E-state index in [1.165, 1.54) is 6.07 Å². The smallest absolute Gasteiger partial charge is 0.335 e. The number of benzene rings is 1. The van der Waals surface area contributed by atoms with Crippen LogP contribution in [-0.2, 0) is 4.74 Å². The number of aromatic carboxylic acids is 1. The van der Waals surface area contributed by atoms with Gasteiger partial charge in [-0.3, -0.25) is 14.9 Å². The number of ether oxygens (including phenoxy) is 1. The van der Waals surface area contributed by atoms with E-state index in [4.69, 9.17) is 4.74 Å². The number of rotatable bonds is 6. The van der Waals surface area contributed by atoms with Crippen molar-refractivity contribution in [2.45, 2.75) is 50.7 Å². The molecule has 2 fully saturated rings. The molecule has 140 valence electrons. The van der Waals surface area contributed by atoms with E-state index in [1.54, 1.807) is 4.90 Å². The Balaban J connectivity index is 1.91. The molecule has 8 heteroatoms. The number of amides is 1. The van der Waals surface area contributed by atoms with Crippen molar-refractivity contribution in [2.24, 2.45) is 0 Å². The van der Waals surface area contributed by atoms with Gasteiger partial charge in [-0.15, -0.1) is 0 Å². The maximum atomic E-state index is 13.1. The predicted molar refractivity (Wildman–Crippen MR) is 92.3 cm³/mol. The SMILES string of the molecule is O=C(O)c1cc(C(=O)N(CC2CCCO2)C2CCCC2)cc([N+](=O)[O-])c1. The van der Waals surface area contributed by atoms with Gasteiger partial charge in [0.2, 0.25) is 0 Å². The minimum Gasteiger partial charge on any atom is -0.478 e. The van der Waals surface area contributed by atoms with Crippen LogP contribution in [0.4, 0.5) is 5.69 Å². The fraction of sp³-hybridized carbons (Fsp3) is 0.556. The second-order valence-electron chi connectivity index (χ2n) is 6.86. The first kappa shape index (κ1) is 18.3. The van der Waals surface area contributed by atoms with Gasteiger partial charge in [0.25, 0.3) is 11.6 Å². The largest absolute Gasteiger partial charge is 0.478 e. The molecule has 1 N–H and O–H groups in total. The van der Waals surface area contributed by atoms with E-state index in [9.17, 15) is 24.8 Å². The average molecular weight is 362 g/mol. The summed E-state index contributed by atoms with van der Waals surface area (Å²) >= 11 is 0. The van der Waals surface area contributed by atoms with E-state index in [2.05, 4.69) is 0 Å². The van der Waals surface area contributed by atoms with Gasteiger partial charge >= 0.3 is 5.97 Å². The van der Waals surface area contributed by atoms with Crippen LogP contribution in [0.15, 0.2) is 18.2 Å². The molecule has 3 rings (SSSR count). The van der Waals surface area contributed by atoms with Crippen LogP contribution in [0.1, 0.15) is 59.2 Å². The topological polar surface area (TPSA) is 110 Å². The highest BCUT2D eigenvalue weighted by Crippen LogP contribution is 2.28. The van der Waals surface area contributed by atoms with E-state index in [-0.39, 0.29) is 29.2 Å². The predicted octanol–water partition coefficient (Wildman–Crippen LogP) is 2.86. The quantitative estimate of drug-likeness (QED) is 0.615. The van der Waals surface area contributed by atoms with Crippen LogP contribution in [-0.4, -0.2) is 52.1 Å². The Hall–Kier alpha value is -2.48. The fourth-order valence-corrected chi connectivity index (χ4v) is 3.75. The van der Waals surface area contributed by atoms with E-state index < -0.39 is 16.6 Å². The van der Waals surface area contributed by atoms with Crippen molar-refractivity contribution in [3.8, 4) is 0 Å². The van der Waals surface area contributed by atoms with Crippen LogP contribution in [0.5, 0.6) is 0 Å². The summed E-state index contributed by atoms with van der Waals surface area (Å²) in [5, 5.41) is 20.3. The molecular weight excluding hydrogens is 340 g/mol. The zero-order chi connectivity index (χ0) is 18.7. The number of hydrogen-bond donors (Lipinski definition) is 1. The van der Waals surface area contributed by atoms with Gasteiger partial charge in [0.15, 0.2) is 0 Å².